The third-order valence-electron chi connectivity index (χ3n) is 6.24. The van der Waals surface area contributed by atoms with Crippen LogP contribution in [-0.2, 0) is 9.59 Å². The summed E-state index contributed by atoms with van der Waals surface area (Å²) in [5.74, 6) is 4.67. The van der Waals surface area contributed by atoms with E-state index in [0.717, 1.165) is 37.4 Å². The van der Waals surface area contributed by atoms with Gasteiger partial charge in [-0.05, 0) is 32.7 Å². The highest BCUT2D eigenvalue weighted by Crippen LogP contribution is 2.30. The molecule has 0 atom stereocenters. The number of carbonyl (C=O) groups is 2. The largest absolute Gasteiger partial charge is 0.354 e. The first kappa shape index (κ1) is 36.3. The minimum atomic E-state index is -0.346. The molecule has 0 aromatic rings. The molecular formula is C27H55N3O2S4. The van der Waals surface area contributed by atoms with Crippen molar-refractivity contribution in [3.05, 3.63) is 0 Å². The molecule has 0 aromatic carbocycles. The number of hydrogen-bond acceptors (Lipinski definition) is 7. The van der Waals surface area contributed by atoms with Gasteiger partial charge in [-0.1, -0.05) is 110 Å². The van der Waals surface area contributed by atoms with Gasteiger partial charge >= 0.3 is 0 Å². The molecule has 5 nitrogen and oxygen atoms in total. The van der Waals surface area contributed by atoms with Crippen LogP contribution >= 0.6 is 43.2 Å². The fourth-order valence-electron chi connectivity index (χ4n) is 3.19. The Hall–Kier alpha value is 0.300. The predicted octanol–water partition coefficient (Wildman–Crippen LogP) is 7.13. The van der Waals surface area contributed by atoms with Crippen molar-refractivity contribution in [2.24, 2.45) is 10.8 Å². The van der Waals surface area contributed by atoms with Crippen LogP contribution in [0.25, 0.3) is 0 Å². The third-order valence-corrected chi connectivity index (χ3v) is 11.2. The Bertz CT molecular complexity index is 529. The molecule has 0 aliphatic rings. The summed E-state index contributed by atoms with van der Waals surface area (Å²) >= 11 is 0. The monoisotopic (exact) mass is 581 g/mol. The normalized spacial score (nSPS) is 12.2. The van der Waals surface area contributed by atoms with E-state index in [1.54, 1.807) is 0 Å². The fourth-order valence-corrected chi connectivity index (χ4v) is 8.11. The highest BCUT2D eigenvalue weighted by molar-refractivity contribution is 8.77. The molecule has 0 spiro atoms. The van der Waals surface area contributed by atoms with Gasteiger partial charge in [0.25, 0.3) is 0 Å². The molecular weight excluding hydrogens is 527 g/mol. The van der Waals surface area contributed by atoms with Gasteiger partial charge in [-0.2, -0.15) is 0 Å². The highest BCUT2D eigenvalue weighted by Gasteiger charge is 2.28. The van der Waals surface area contributed by atoms with E-state index in [1.807, 2.05) is 77.9 Å². The molecule has 0 fully saturated rings. The van der Waals surface area contributed by atoms with Crippen molar-refractivity contribution in [1.29, 1.82) is 0 Å². The number of unbranched alkanes of at least 4 members (excludes halogenated alkanes) is 4. The van der Waals surface area contributed by atoms with Gasteiger partial charge in [0.1, 0.15) is 0 Å². The molecule has 0 aromatic heterocycles. The van der Waals surface area contributed by atoms with E-state index < -0.39 is 0 Å². The van der Waals surface area contributed by atoms with Crippen LogP contribution in [0.3, 0.4) is 0 Å². The zero-order chi connectivity index (χ0) is 27.3. The lowest BCUT2D eigenvalue weighted by atomic mass is 9.89. The highest BCUT2D eigenvalue weighted by atomic mass is 33.1. The zero-order valence-corrected chi connectivity index (χ0v) is 27.5. The molecule has 2 N–H and O–H groups in total. The first-order valence-corrected chi connectivity index (χ1v) is 18.8. The topological polar surface area (TPSA) is 61.4 Å². The molecule has 2 amide bonds. The molecule has 0 unspecified atom stereocenters. The Morgan fingerprint density at radius 3 is 1.36 bits per heavy atom. The van der Waals surface area contributed by atoms with Crippen molar-refractivity contribution in [2.75, 3.05) is 56.2 Å². The predicted molar refractivity (Wildman–Crippen MR) is 169 cm³/mol. The van der Waals surface area contributed by atoms with Gasteiger partial charge in [-0.15, -0.1) is 0 Å². The van der Waals surface area contributed by atoms with E-state index in [2.05, 4.69) is 29.4 Å². The molecule has 0 saturated carbocycles. The second-order valence-corrected chi connectivity index (χ2v) is 16.2. The van der Waals surface area contributed by atoms with Gasteiger partial charge in [0, 0.05) is 60.0 Å². The lowest BCUT2D eigenvalue weighted by Crippen LogP contribution is -2.43. The Balaban J connectivity index is 3.96. The zero-order valence-electron chi connectivity index (χ0n) is 24.2. The van der Waals surface area contributed by atoms with Crippen molar-refractivity contribution in [2.45, 2.75) is 92.9 Å². The van der Waals surface area contributed by atoms with Crippen LogP contribution in [0.2, 0.25) is 0 Å². The van der Waals surface area contributed by atoms with Crippen molar-refractivity contribution >= 4 is 55.0 Å². The summed E-state index contributed by atoms with van der Waals surface area (Å²) in [5.41, 5.74) is -0.692. The van der Waals surface area contributed by atoms with Gasteiger partial charge in [0.15, 0.2) is 0 Å². The third kappa shape index (κ3) is 19.4. The maximum atomic E-state index is 12.6. The van der Waals surface area contributed by atoms with Crippen LogP contribution in [0.15, 0.2) is 0 Å². The molecule has 9 heteroatoms. The van der Waals surface area contributed by atoms with Gasteiger partial charge in [0.05, 0.1) is 0 Å². The molecule has 0 aliphatic heterocycles. The summed E-state index contributed by atoms with van der Waals surface area (Å²) in [4.78, 5) is 27.4. The molecule has 214 valence electrons. The van der Waals surface area contributed by atoms with Gasteiger partial charge < -0.3 is 15.5 Å². The van der Waals surface area contributed by atoms with E-state index in [-0.39, 0.29) is 22.6 Å². The van der Waals surface area contributed by atoms with E-state index >= 15 is 0 Å². The summed E-state index contributed by atoms with van der Waals surface area (Å²) in [7, 11) is 9.68. The number of rotatable bonds is 24. The van der Waals surface area contributed by atoms with Crippen LogP contribution in [0.4, 0.5) is 0 Å². The summed E-state index contributed by atoms with van der Waals surface area (Å²) in [5, 5.41) is 6.20. The Labute approximate surface area is 239 Å². The van der Waals surface area contributed by atoms with Crippen LogP contribution < -0.4 is 10.6 Å². The lowest BCUT2D eigenvalue weighted by Gasteiger charge is -2.25. The average Bonchev–Trinajstić information content (AvgIpc) is 2.82. The minimum absolute atomic E-state index is 0.129. The molecule has 0 aliphatic carbocycles. The van der Waals surface area contributed by atoms with Crippen molar-refractivity contribution in [3.8, 4) is 0 Å². The number of amides is 2. The van der Waals surface area contributed by atoms with Gasteiger partial charge in [0.2, 0.25) is 11.8 Å². The quantitative estimate of drug-likeness (QED) is 0.0929. The first-order chi connectivity index (χ1) is 17.1. The minimum Gasteiger partial charge on any atom is -0.354 e. The molecule has 0 radical (unpaired) electrons. The number of hydrogen-bond donors (Lipinski definition) is 2. The Morgan fingerprint density at radius 1 is 0.639 bits per heavy atom. The van der Waals surface area contributed by atoms with E-state index in [0.29, 0.717) is 13.1 Å². The molecule has 0 heterocycles. The standard InChI is InChI=1S/C27H55N3O2S4/c1-8-10-12-20-33-35-22-14-26(3,4)24(31)28-16-18-30(7)19-17-29-25(32)27(5,6)15-23-36-34-21-13-11-9-2/h8-23H2,1-7H3,(H,28,31)(H,29,32). The summed E-state index contributed by atoms with van der Waals surface area (Å²) < 4.78 is 0. The van der Waals surface area contributed by atoms with E-state index in [4.69, 9.17) is 0 Å². The van der Waals surface area contributed by atoms with E-state index in [1.165, 1.54) is 50.0 Å². The molecule has 0 rings (SSSR count). The second kappa shape index (κ2) is 22.2. The Morgan fingerprint density at radius 2 is 1.00 bits per heavy atom. The lowest BCUT2D eigenvalue weighted by molar-refractivity contribution is -0.129. The Kier molecular flexibility index (Phi) is 22.3. The maximum absolute atomic E-state index is 12.6. The summed E-state index contributed by atoms with van der Waals surface area (Å²) in [6.45, 7) is 15.4. The average molecular weight is 582 g/mol. The van der Waals surface area contributed by atoms with E-state index in [9.17, 15) is 9.59 Å². The molecule has 0 saturated heterocycles. The van der Waals surface area contributed by atoms with Gasteiger partial charge in [-0.25, -0.2) is 0 Å². The van der Waals surface area contributed by atoms with Crippen molar-refractivity contribution in [3.63, 3.8) is 0 Å². The molecule has 36 heavy (non-hydrogen) atoms. The number of nitrogens with zero attached hydrogens (tertiary/aromatic N) is 1. The SMILES string of the molecule is CCCCCSSCCC(C)(C)C(=O)NCCN(C)CCNC(=O)C(C)(C)CCSSCCCCC. The maximum Gasteiger partial charge on any atom is 0.225 e. The smallest absolute Gasteiger partial charge is 0.225 e. The van der Waals surface area contributed by atoms with Crippen molar-refractivity contribution in [1.82, 2.24) is 15.5 Å². The van der Waals surface area contributed by atoms with Gasteiger partial charge in [-0.3, -0.25) is 9.59 Å². The number of likely N-dealkylation sites (N-methyl/N-ethyl adjacent to an activating group) is 1. The van der Waals surface area contributed by atoms with Crippen LogP contribution in [0.1, 0.15) is 92.9 Å². The van der Waals surface area contributed by atoms with Crippen LogP contribution in [0, 0.1) is 10.8 Å². The second-order valence-electron chi connectivity index (χ2n) is 10.8. The summed E-state index contributed by atoms with van der Waals surface area (Å²) in [6, 6.07) is 0. The first-order valence-electron chi connectivity index (χ1n) is 13.8. The van der Waals surface area contributed by atoms with Crippen LogP contribution in [0.5, 0.6) is 0 Å². The number of nitrogens with one attached hydrogen (secondary N) is 2. The summed E-state index contributed by atoms with van der Waals surface area (Å²) in [6.07, 6.45) is 9.47. The fraction of sp³-hybridized carbons (Fsp3) is 0.926. The van der Waals surface area contributed by atoms with Crippen LogP contribution in [-0.4, -0.2) is 73.0 Å². The van der Waals surface area contributed by atoms with Crippen molar-refractivity contribution < 1.29 is 9.59 Å². The molecule has 0 bridgehead atoms. The number of carbonyl (C=O) groups excluding carboxylic acids is 2.